The number of ether oxygens (including phenoxy) is 1. The van der Waals surface area contributed by atoms with Crippen molar-refractivity contribution < 1.29 is 9.53 Å². The molecule has 1 heterocycles. The van der Waals surface area contributed by atoms with Gasteiger partial charge in [0.15, 0.2) is 5.78 Å². The largest absolute Gasteiger partial charge is 0.379 e. The Morgan fingerprint density at radius 3 is 3.12 bits per heavy atom. The molecule has 1 N–H and O–H groups in total. The van der Waals surface area contributed by atoms with Crippen molar-refractivity contribution in [1.29, 1.82) is 0 Å². The SMILES string of the molecule is O=C(CCC1COCCN1)c1cccc(Br)c1. The van der Waals surface area contributed by atoms with E-state index in [4.69, 9.17) is 4.74 Å². The van der Waals surface area contributed by atoms with Crippen LogP contribution < -0.4 is 5.32 Å². The van der Waals surface area contributed by atoms with Gasteiger partial charge in [-0.1, -0.05) is 28.1 Å². The zero-order valence-electron chi connectivity index (χ0n) is 9.62. The second-order valence-electron chi connectivity index (χ2n) is 4.20. The molecule has 0 spiro atoms. The van der Waals surface area contributed by atoms with Crippen molar-refractivity contribution in [1.82, 2.24) is 5.32 Å². The minimum Gasteiger partial charge on any atom is -0.379 e. The highest BCUT2D eigenvalue weighted by molar-refractivity contribution is 9.10. The molecule has 92 valence electrons. The molecule has 1 saturated heterocycles. The number of ketones is 1. The standard InChI is InChI=1S/C13H16BrNO2/c14-11-3-1-2-10(8-11)13(16)5-4-12-9-17-7-6-15-12/h1-3,8,12,15H,4-7,9H2. The van der Waals surface area contributed by atoms with Gasteiger partial charge in [-0.25, -0.2) is 0 Å². The summed E-state index contributed by atoms with van der Waals surface area (Å²) in [6, 6.07) is 7.86. The van der Waals surface area contributed by atoms with E-state index >= 15 is 0 Å². The molecule has 0 aromatic heterocycles. The number of hydrogen-bond acceptors (Lipinski definition) is 3. The normalized spacial score (nSPS) is 20.2. The van der Waals surface area contributed by atoms with Crippen LogP contribution >= 0.6 is 15.9 Å². The lowest BCUT2D eigenvalue weighted by Crippen LogP contribution is -2.41. The first-order chi connectivity index (χ1) is 8.25. The smallest absolute Gasteiger partial charge is 0.162 e. The van der Waals surface area contributed by atoms with Crippen LogP contribution in [-0.2, 0) is 4.74 Å². The highest BCUT2D eigenvalue weighted by Crippen LogP contribution is 2.14. The Kier molecular flexibility index (Phi) is 4.71. The van der Waals surface area contributed by atoms with Crippen molar-refractivity contribution >= 4 is 21.7 Å². The Balaban J connectivity index is 1.84. The third-order valence-electron chi connectivity index (χ3n) is 2.86. The first kappa shape index (κ1) is 12.7. The Morgan fingerprint density at radius 1 is 1.53 bits per heavy atom. The van der Waals surface area contributed by atoms with Gasteiger partial charge >= 0.3 is 0 Å². The van der Waals surface area contributed by atoms with Crippen LogP contribution in [-0.4, -0.2) is 31.6 Å². The molecule has 1 fully saturated rings. The average molecular weight is 298 g/mol. The van der Waals surface area contributed by atoms with E-state index in [1.807, 2.05) is 24.3 Å². The molecule has 2 rings (SSSR count). The van der Waals surface area contributed by atoms with Gasteiger partial charge in [-0.05, 0) is 18.6 Å². The second kappa shape index (κ2) is 6.28. The molecular weight excluding hydrogens is 282 g/mol. The van der Waals surface area contributed by atoms with Crippen LogP contribution in [0.1, 0.15) is 23.2 Å². The maximum atomic E-state index is 12.0. The van der Waals surface area contributed by atoms with E-state index in [9.17, 15) is 4.79 Å². The highest BCUT2D eigenvalue weighted by Gasteiger charge is 2.15. The molecule has 1 aliphatic rings. The summed E-state index contributed by atoms with van der Waals surface area (Å²) in [5, 5.41) is 3.35. The number of carbonyl (C=O) groups is 1. The Bertz CT molecular complexity index is 389. The van der Waals surface area contributed by atoms with Gasteiger partial charge in [-0.2, -0.15) is 0 Å². The van der Waals surface area contributed by atoms with Gasteiger partial charge in [0.25, 0.3) is 0 Å². The van der Waals surface area contributed by atoms with Crippen molar-refractivity contribution in [3.63, 3.8) is 0 Å². The van der Waals surface area contributed by atoms with E-state index in [1.54, 1.807) is 0 Å². The predicted molar refractivity (Wildman–Crippen MR) is 70.3 cm³/mol. The first-order valence-electron chi connectivity index (χ1n) is 5.85. The van der Waals surface area contributed by atoms with Crippen LogP contribution in [0.5, 0.6) is 0 Å². The van der Waals surface area contributed by atoms with Gasteiger partial charge in [-0.3, -0.25) is 4.79 Å². The summed E-state index contributed by atoms with van der Waals surface area (Å²) in [6.45, 7) is 2.37. The average Bonchev–Trinajstić information content (AvgIpc) is 2.37. The Morgan fingerprint density at radius 2 is 2.41 bits per heavy atom. The third kappa shape index (κ3) is 3.91. The van der Waals surface area contributed by atoms with Crippen molar-refractivity contribution in [3.05, 3.63) is 34.3 Å². The van der Waals surface area contributed by atoms with Crippen LogP contribution in [0.3, 0.4) is 0 Å². The zero-order valence-corrected chi connectivity index (χ0v) is 11.2. The lowest BCUT2D eigenvalue weighted by Gasteiger charge is -2.23. The summed E-state index contributed by atoms with van der Waals surface area (Å²) in [6.07, 6.45) is 1.41. The number of rotatable bonds is 4. The van der Waals surface area contributed by atoms with Gasteiger partial charge in [-0.15, -0.1) is 0 Å². The van der Waals surface area contributed by atoms with Gasteiger partial charge in [0.2, 0.25) is 0 Å². The van der Waals surface area contributed by atoms with Crippen LogP contribution in [0.15, 0.2) is 28.7 Å². The number of benzene rings is 1. The summed E-state index contributed by atoms with van der Waals surface area (Å²) < 4.78 is 6.30. The Labute approximate surface area is 110 Å². The maximum Gasteiger partial charge on any atom is 0.162 e. The van der Waals surface area contributed by atoms with Crippen molar-refractivity contribution in [2.24, 2.45) is 0 Å². The van der Waals surface area contributed by atoms with Gasteiger partial charge in [0, 0.05) is 29.0 Å². The monoisotopic (exact) mass is 297 g/mol. The van der Waals surface area contributed by atoms with Crippen LogP contribution in [0.2, 0.25) is 0 Å². The summed E-state index contributed by atoms with van der Waals surface area (Å²) in [4.78, 5) is 12.0. The van der Waals surface area contributed by atoms with Gasteiger partial charge in [0.1, 0.15) is 0 Å². The molecule has 0 bridgehead atoms. The molecule has 17 heavy (non-hydrogen) atoms. The minimum absolute atomic E-state index is 0.193. The molecule has 1 aromatic rings. The van der Waals surface area contributed by atoms with Gasteiger partial charge in [0.05, 0.1) is 13.2 Å². The van der Waals surface area contributed by atoms with Crippen LogP contribution in [0.25, 0.3) is 0 Å². The van der Waals surface area contributed by atoms with Crippen molar-refractivity contribution in [3.8, 4) is 0 Å². The predicted octanol–water partition coefficient (Wildman–Crippen LogP) is 2.40. The Hall–Kier alpha value is -0.710. The van der Waals surface area contributed by atoms with E-state index in [1.165, 1.54) is 0 Å². The molecule has 3 nitrogen and oxygen atoms in total. The molecule has 1 aromatic carbocycles. The molecule has 1 aliphatic heterocycles. The molecule has 0 aliphatic carbocycles. The van der Waals surface area contributed by atoms with Crippen molar-refractivity contribution in [2.75, 3.05) is 19.8 Å². The minimum atomic E-state index is 0.193. The quantitative estimate of drug-likeness (QED) is 0.868. The first-order valence-corrected chi connectivity index (χ1v) is 6.65. The molecular formula is C13H16BrNO2. The van der Waals surface area contributed by atoms with Crippen LogP contribution in [0, 0.1) is 0 Å². The summed E-state index contributed by atoms with van der Waals surface area (Å²) in [5.74, 6) is 0.193. The number of morpholine rings is 1. The topological polar surface area (TPSA) is 38.3 Å². The highest BCUT2D eigenvalue weighted by atomic mass is 79.9. The number of hydrogen-bond donors (Lipinski definition) is 1. The lowest BCUT2D eigenvalue weighted by atomic mass is 10.0. The summed E-state index contributed by atoms with van der Waals surface area (Å²) in [7, 11) is 0. The number of Topliss-reactive ketones (excluding diaryl/α,β-unsaturated/α-hetero) is 1. The van der Waals surface area contributed by atoms with E-state index in [0.717, 1.165) is 29.6 Å². The lowest BCUT2D eigenvalue weighted by molar-refractivity contribution is 0.0714. The van der Waals surface area contributed by atoms with E-state index in [0.29, 0.717) is 19.1 Å². The zero-order chi connectivity index (χ0) is 12.1. The van der Waals surface area contributed by atoms with Crippen LogP contribution in [0.4, 0.5) is 0 Å². The maximum absolute atomic E-state index is 12.0. The fourth-order valence-corrected chi connectivity index (χ4v) is 2.32. The van der Waals surface area contributed by atoms with E-state index in [2.05, 4.69) is 21.2 Å². The van der Waals surface area contributed by atoms with Crippen molar-refractivity contribution in [2.45, 2.75) is 18.9 Å². The number of carbonyl (C=O) groups excluding carboxylic acids is 1. The van der Waals surface area contributed by atoms with E-state index < -0.39 is 0 Å². The fraction of sp³-hybridized carbons (Fsp3) is 0.462. The third-order valence-corrected chi connectivity index (χ3v) is 3.36. The fourth-order valence-electron chi connectivity index (χ4n) is 1.92. The van der Waals surface area contributed by atoms with Gasteiger partial charge < -0.3 is 10.1 Å². The molecule has 0 amide bonds. The second-order valence-corrected chi connectivity index (χ2v) is 5.11. The molecule has 1 atom stereocenters. The number of nitrogens with one attached hydrogen (secondary N) is 1. The van der Waals surface area contributed by atoms with E-state index in [-0.39, 0.29) is 5.78 Å². The number of halogens is 1. The molecule has 4 heteroatoms. The molecule has 0 saturated carbocycles. The summed E-state index contributed by atoms with van der Waals surface area (Å²) in [5.41, 5.74) is 0.774. The molecule has 1 unspecified atom stereocenters. The molecule has 0 radical (unpaired) electrons. The summed E-state index contributed by atoms with van der Waals surface area (Å²) >= 11 is 3.37.